The first-order chi connectivity index (χ1) is 8.81. The third-order valence-electron chi connectivity index (χ3n) is 2.80. The third kappa shape index (κ3) is 2.20. The highest BCUT2D eigenvalue weighted by molar-refractivity contribution is 5.45. The highest BCUT2D eigenvalue weighted by atomic mass is 16.5. The number of rotatable bonds is 3. The van der Waals surface area contributed by atoms with Crippen LogP contribution in [0.15, 0.2) is 54.9 Å². The average Bonchev–Trinajstić information content (AvgIpc) is 2.77. The normalized spacial score (nSPS) is 10.7. The van der Waals surface area contributed by atoms with Crippen molar-refractivity contribution < 1.29 is 4.74 Å². The van der Waals surface area contributed by atoms with E-state index in [9.17, 15) is 0 Å². The van der Waals surface area contributed by atoms with E-state index in [-0.39, 0.29) is 0 Å². The lowest BCUT2D eigenvalue weighted by atomic mass is 10.2. The van der Waals surface area contributed by atoms with Crippen LogP contribution < -0.4 is 4.74 Å². The summed E-state index contributed by atoms with van der Waals surface area (Å²) in [6, 6.07) is 14.0. The molecule has 2 aromatic heterocycles. The molecule has 0 fully saturated rings. The lowest BCUT2D eigenvalue weighted by Crippen LogP contribution is -1.95. The van der Waals surface area contributed by atoms with Crippen LogP contribution in [-0.2, 0) is 6.61 Å². The predicted octanol–water partition coefficient (Wildman–Crippen LogP) is 3.22. The summed E-state index contributed by atoms with van der Waals surface area (Å²) >= 11 is 0. The van der Waals surface area contributed by atoms with E-state index in [1.165, 1.54) is 0 Å². The number of fused-ring (bicyclic) bond motifs is 1. The first-order valence-electron chi connectivity index (χ1n) is 5.93. The number of benzene rings is 1. The van der Waals surface area contributed by atoms with Gasteiger partial charge in [0.2, 0.25) is 0 Å². The molecule has 3 nitrogen and oxygen atoms in total. The SMILES string of the molecule is Cc1cn2ccc(OCc3ccccc3)cc2n1. The zero-order chi connectivity index (χ0) is 12.4. The summed E-state index contributed by atoms with van der Waals surface area (Å²) in [4.78, 5) is 4.41. The van der Waals surface area contributed by atoms with Crippen molar-refractivity contribution >= 4 is 5.65 Å². The molecule has 0 saturated carbocycles. The fourth-order valence-corrected chi connectivity index (χ4v) is 1.92. The van der Waals surface area contributed by atoms with E-state index in [1.54, 1.807) is 0 Å². The van der Waals surface area contributed by atoms with Gasteiger partial charge < -0.3 is 9.14 Å². The molecule has 18 heavy (non-hydrogen) atoms. The zero-order valence-electron chi connectivity index (χ0n) is 10.2. The summed E-state index contributed by atoms with van der Waals surface area (Å²) in [5.74, 6) is 0.844. The first-order valence-corrected chi connectivity index (χ1v) is 5.93. The van der Waals surface area contributed by atoms with Gasteiger partial charge in [0.15, 0.2) is 0 Å². The number of aryl methyl sites for hydroxylation is 1. The molecule has 0 atom stereocenters. The first kappa shape index (κ1) is 10.8. The van der Waals surface area contributed by atoms with Crippen molar-refractivity contribution in [2.24, 2.45) is 0 Å². The Hall–Kier alpha value is -2.29. The van der Waals surface area contributed by atoms with E-state index in [1.807, 2.05) is 54.0 Å². The summed E-state index contributed by atoms with van der Waals surface area (Å²) in [6.45, 7) is 2.56. The van der Waals surface area contributed by atoms with E-state index in [0.717, 1.165) is 22.7 Å². The number of hydrogen-bond acceptors (Lipinski definition) is 2. The van der Waals surface area contributed by atoms with Crippen LogP contribution in [0.5, 0.6) is 5.75 Å². The van der Waals surface area contributed by atoms with Crippen molar-refractivity contribution in [3.05, 3.63) is 66.1 Å². The van der Waals surface area contributed by atoms with Crippen LogP contribution in [0.25, 0.3) is 5.65 Å². The minimum Gasteiger partial charge on any atom is -0.489 e. The quantitative estimate of drug-likeness (QED) is 0.700. The van der Waals surface area contributed by atoms with Gasteiger partial charge in [0.1, 0.15) is 18.0 Å². The molecule has 0 N–H and O–H groups in total. The van der Waals surface area contributed by atoms with Gasteiger partial charge in [-0.1, -0.05) is 30.3 Å². The summed E-state index contributed by atoms with van der Waals surface area (Å²) in [5, 5.41) is 0. The lowest BCUT2D eigenvalue weighted by molar-refractivity contribution is 0.306. The minimum absolute atomic E-state index is 0.580. The maximum Gasteiger partial charge on any atom is 0.140 e. The van der Waals surface area contributed by atoms with Gasteiger partial charge >= 0.3 is 0 Å². The van der Waals surface area contributed by atoms with Crippen LogP contribution in [0.1, 0.15) is 11.3 Å². The largest absolute Gasteiger partial charge is 0.489 e. The molecule has 2 heterocycles. The second-order valence-corrected chi connectivity index (χ2v) is 4.28. The van der Waals surface area contributed by atoms with Gasteiger partial charge in [-0.2, -0.15) is 0 Å². The molecule has 3 heteroatoms. The second-order valence-electron chi connectivity index (χ2n) is 4.28. The Labute approximate surface area is 106 Å². The average molecular weight is 238 g/mol. The number of nitrogens with zero attached hydrogens (tertiary/aromatic N) is 2. The predicted molar refractivity (Wildman–Crippen MR) is 70.7 cm³/mol. The van der Waals surface area contributed by atoms with Crippen molar-refractivity contribution in [1.82, 2.24) is 9.38 Å². The number of hydrogen-bond donors (Lipinski definition) is 0. The smallest absolute Gasteiger partial charge is 0.140 e. The summed E-state index contributed by atoms with van der Waals surface area (Å²) < 4.78 is 7.75. The van der Waals surface area contributed by atoms with Crippen molar-refractivity contribution in [3.8, 4) is 5.75 Å². The summed E-state index contributed by atoms with van der Waals surface area (Å²) in [6.07, 6.45) is 3.96. The molecule has 0 radical (unpaired) electrons. The van der Waals surface area contributed by atoms with Crippen molar-refractivity contribution in [1.29, 1.82) is 0 Å². The minimum atomic E-state index is 0.580. The Bertz CT molecular complexity index is 659. The molecule has 0 amide bonds. The number of aromatic nitrogens is 2. The molecule has 0 aliphatic carbocycles. The molecule has 0 aliphatic heterocycles. The molecule has 0 unspecified atom stereocenters. The topological polar surface area (TPSA) is 26.5 Å². The maximum absolute atomic E-state index is 5.76. The fourth-order valence-electron chi connectivity index (χ4n) is 1.92. The van der Waals surface area contributed by atoms with Crippen LogP contribution in [0.3, 0.4) is 0 Å². The molecule has 0 aliphatic rings. The fraction of sp³-hybridized carbons (Fsp3) is 0.133. The Kier molecular flexibility index (Phi) is 2.73. The molecule has 1 aromatic carbocycles. The molecular formula is C15H14N2O. The van der Waals surface area contributed by atoms with E-state index in [2.05, 4.69) is 17.1 Å². The van der Waals surface area contributed by atoms with Crippen LogP contribution >= 0.6 is 0 Å². The van der Waals surface area contributed by atoms with Crippen molar-refractivity contribution in [3.63, 3.8) is 0 Å². The van der Waals surface area contributed by atoms with Crippen LogP contribution in [-0.4, -0.2) is 9.38 Å². The highest BCUT2D eigenvalue weighted by Gasteiger charge is 2.00. The molecular weight excluding hydrogens is 224 g/mol. The van der Waals surface area contributed by atoms with Gasteiger partial charge in [-0.15, -0.1) is 0 Å². The number of pyridine rings is 1. The summed E-state index contributed by atoms with van der Waals surface area (Å²) in [5.41, 5.74) is 3.09. The Morgan fingerprint density at radius 3 is 2.83 bits per heavy atom. The maximum atomic E-state index is 5.76. The molecule has 0 bridgehead atoms. The van der Waals surface area contributed by atoms with Gasteiger partial charge in [-0.05, 0) is 18.6 Å². The third-order valence-corrected chi connectivity index (χ3v) is 2.80. The second kappa shape index (κ2) is 4.53. The van der Waals surface area contributed by atoms with Gasteiger partial charge in [0, 0.05) is 18.5 Å². The van der Waals surface area contributed by atoms with E-state index in [0.29, 0.717) is 6.61 Å². The van der Waals surface area contributed by atoms with E-state index >= 15 is 0 Å². The van der Waals surface area contributed by atoms with Gasteiger partial charge in [-0.3, -0.25) is 0 Å². The number of imidazole rings is 1. The van der Waals surface area contributed by atoms with Crippen LogP contribution in [0.2, 0.25) is 0 Å². The zero-order valence-corrected chi connectivity index (χ0v) is 10.2. The monoisotopic (exact) mass is 238 g/mol. The summed E-state index contributed by atoms with van der Waals surface area (Å²) in [7, 11) is 0. The lowest BCUT2D eigenvalue weighted by Gasteiger charge is -2.06. The van der Waals surface area contributed by atoms with E-state index < -0.39 is 0 Å². The molecule has 3 rings (SSSR count). The highest BCUT2D eigenvalue weighted by Crippen LogP contribution is 2.16. The van der Waals surface area contributed by atoms with Crippen LogP contribution in [0, 0.1) is 6.92 Å². The van der Waals surface area contributed by atoms with Crippen molar-refractivity contribution in [2.45, 2.75) is 13.5 Å². The van der Waals surface area contributed by atoms with Gasteiger partial charge in [0.25, 0.3) is 0 Å². The number of ether oxygens (including phenoxy) is 1. The molecule has 3 aromatic rings. The van der Waals surface area contributed by atoms with Crippen molar-refractivity contribution in [2.75, 3.05) is 0 Å². The Balaban J connectivity index is 1.78. The van der Waals surface area contributed by atoms with E-state index in [4.69, 9.17) is 4.74 Å². The Morgan fingerprint density at radius 2 is 2.00 bits per heavy atom. The Morgan fingerprint density at radius 1 is 1.17 bits per heavy atom. The van der Waals surface area contributed by atoms with Gasteiger partial charge in [-0.25, -0.2) is 4.98 Å². The standard InChI is InChI=1S/C15H14N2O/c1-12-10-17-8-7-14(9-15(17)16-12)18-11-13-5-3-2-4-6-13/h2-10H,11H2,1H3. The molecule has 0 spiro atoms. The molecule has 90 valence electrons. The molecule has 0 saturated heterocycles. The van der Waals surface area contributed by atoms with Crippen LogP contribution in [0.4, 0.5) is 0 Å². The van der Waals surface area contributed by atoms with Gasteiger partial charge in [0.05, 0.1) is 5.69 Å².